The first-order valence-electron chi connectivity index (χ1n) is 6.89. The second-order valence-electron chi connectivity index (χ2n) is 4.97. The molecule has 0 saturated heterocycles. The van der Waals surface area contributed by atoms with Gasteiger partial charge >= 0.3 is 0 Å². The Morgan fingerprint density at radius 2 is 1.79 bits per heavy atom. The zero-order valence-corrected chi connectivity index (χ0v) is 13.7. The zero-order chi connectivity index (χ0) is 17.3. The summed E-state index contributed by atoms with van der Waals surface area (Å²) < 4.78 is 51.5. The Labute approximate surface area is 142 Å². The van der Waals surface area contributed by atoms with Crippen LogP contribution in [0.2, 0.25) is 5.02 Å². The highest BCUT2D eigenvalue weighted by molar-refractivity contribution is 7.90. The monoisotopic (exact) mass is 371 g/mol. The molecule has 2 N–H and O–H groups in total. The lowest BCUT2D eigenvalue weighted by molar-refractivity contribution is 0.158. The Bertz CT molecular complexity index is 917. The van der Waals surface area contributed by atoms with Crippen molar-refractivity contribution in [3.05, 3.63) is 47.5 Å². The largest absolute Gasteiger partial charge is 0.324 e. The lowest BCUT2D eigenvalue weighted by atomic mass is 10.0. The first-order valence-corrected chi connectivity index (χ1v) is 8.75. The molecule has 1 aliphatic rings. The third kappa shape index (κ3) is 3.20. The van der Waals surface area contributed by atoms with Crippen LogP contribution in [-0.2, 0) is 10.0 Å². The summed E-state index contributed by atoms with van der Waals surface area (Å²) in [7, 11) is -3.91. The van der Waals surface area contributed by atoms with Crippen molar-refractivity contribution in [3.63, 3.8) is 0 Å². The van der Waals surface area contributed by atoms with Gasteiger partial charge in [-0.25, -0.2) is 26.9 Å². The Kier molecular flexibility index (Phi) is 4.42. The number of anilines is 1. The molecule has 126 valence electrons. The summed E-state index contributed by atoms with van der Waals surface area (Å²) in [5, 5.41) is 3.21. The summed E-state index contributed by atoms with van der Waals surface area (Å²) >= 11 is 6.19. The highest BCUT2D eigenvalue weighted by Crippen LogP contribution is 2.38. The molecule has 2 aromatic rings. The number of aliphatic imine (C=N–C) groups is 1. The SMILES string of the molecule is O=S1(=O)NC(=NCC(F)F)Nc2c(-c3ccccc3Cl)cccc21. The predicted molar refractivity (Wildman–Crippen MR) is 89.1 cm³/mol. The molecule has 0 fully saturated rings. The van der Waals surface area contributed by atoms with Crippen molar-refractivity contribution < 1.29 is 17.2 Å². The number of guanidine groups is 1. The molecule has 3 rings (SSSR count). The van der Waals surface area contributed by atoms with Gasteiger partial charge in [-0.1, -0.05) is 41.9 Å². The molecule has 1 aliphatic heterocycles. The number of sulfonamides is 1. The molecule has 1 heterocycles. The highest BCUT2D eigenvalue weighted by atomic mass is 35.5. The molecule has 24 heavy (non-hydrogen) atoms. The Morgan fingerprint density at radius 1 is 1.08 bits per heavy atom. The molecule has 9 heteroatoms. The molecule has 0 atom stereocenters. The van der Waals surface area contributed by atoms with Gasteiger partial charge in [0.05, 0.1) is 5.69 Å². The molecular weight excluding hydrogens is 360 g/mol. The lowest BCUT2D eigenvalue weighted by Gasteiger charge is -2.24. The van der Waals surface area contributed by atoms with Crippen LogP contribution in [0.1, 0.15) is 0 Å². The number of nitrogens with one attached hydrogen (secondary N) is 2. The van der Waals surface area contributed by atoms with Gasteiger partial charge in [-0.15, -0.1) is 0 Å². The van der Waals surface area contributed by atoms with Gasteiger partial charge in [0.15, 0.2) is 0 Å². The second-order valence-corrected chi connectivity index (χ2v) is 7.03. The summed E-state index contributed by atoms with van der Waals surface area (Å²) in [5.41, 5.74) is 1.40. The number of hydrogen-bond donors (Lipinski definition) is 2. The summed E-state index contributed by atoms with van der Waals surface area (Å²) in [6.07, 6.45) is -2.68. The van der Waals surface area contributed by atoms with Gasteiger partial charge in [-0.05, 0) is 12.1 Å². The van der Waals surface area contributed by atoms with Crippen LogP contribution in [-0.4, -0.2) is 27.3 Å². The number of halogens is 3. The number of rotatable bonds is 3. The van der Waals surface area contributed by atoms with Crippen molar-refractivity contribution in [1.29, 1.82) is 0 Å². The minimum Gasteiger partial charge on any atom is -0.324 e. The van der Waals surface area contributed by atoms with E-state index in [1.807, 2.05) is 0 Å². The van der Waals surface area contributed by atoms with Crippen LogP contribution in [0.25, 0.3) is 11.1 Å². The van der Waals surface area contributed by atoms with Gasteiger partial charge in [-0.3, -0.25) is 0 Å². The molecule has 0 radical (unpaired) electrons. The van der Waals surface area contributed by atoms with E-state index in [2.05, 4.69) is 15.0 Å². The summed E-state index contributed by atoms with van der Waals surface area (Å²) in [6, 6.07) is 11.6. The van der Waals surface area contributed by atoms with E-state index >= 15 is 0 Å². The fourth-order valence-electron chi connectivity index (χ4n) is 2.35. The van der Waals surface area contributed by atoms with Crippen molar-refractivity contribution in [3.8, 4) is 11.1 Å². The maximum Gasteiger partial charge on any atom is 0.266 e. The van der Waals surface area contributed by atoms with Crippen LogP contribution in [0.4, 0.5) is 14.5 Å². The number of para-hydroxylation sites is 1. The van der Waals surface area contributed by atoms with E-state index in [-0.39, 0.29) is 16.5 Å². The molecular formula is C15H12ClF2N3O2S. The van der Waals surface area contributed by atoms with Crippen molar-refractivity contribution in [1.82, 2.24) is 4.72 Å². The standard InChI is InChI=1S/C15H12ClF2N3O2S/c16-11-6-2-1-4-9(11)10-5-3-7-12-14(10)20-15(19-8-13(17)18)21-24(12,22)23/h1-7,13H,8H2,(H2,19,20,21). The number of alkyl halides is 2. The number of benzene rings is 2. The van der Waals surface area contributed by atoms with Crippen LogP contribution in [0, 0.1) is 0 Å². The first-order chi connectivity index (χ1) is 11.4. The van der Waals surface area contributed by atoms with E-state index < -0.39 is 23.0 Å². The number of hydrogen-bond acceptors (Lipinski definition) is 3. The molecule has 0 aliphatic carbocycles. The van der Waals surface area contributed by atoms with Crippen LogP contribution in [0.5, 0.6) is 0 Å². The molecule has 0 amide bonds. The van der Waals surface area contributed by atoms with Gasteiger partial charge in [-0.2, -0.15) is 0 Å². The molecule has 5 nitrogen and oxygen atoms in total. The number of fused-ring (bicyclic) bond motifs is 1. The Morgan fingerprint density at radius 3 is 2.50 bits per heavy atom. The molecule has 0 unspecified atom stereocenters. The van der Waals surface area contributed by atoms with Crippen LogP contribution in [0.15, 0.2) is 52.4 Å². The van der Waals surface area contributed by atoms with Crippen molar-refractivity contribution in [2.75, 3.05) is 11.9 Å². The fourth-order valence-corrected chi connectivity index (χ4v) is 3.75. The quantitative estimate of drug-likeness (QED) is 0.869. The minimum atomic E-state index is -3.91. The average molecular weight is 372 g/mol. The Hall–Kier alpha value is -2.19. The fraction of sp³-hybridized carbons (Fsp3) is 0.133. The zero-order valence-electron chi connectivity index (χ0n) is 12.1. The third-order valence-corrected chi connectivity index (χ3v) is 5.05. The lowest BCUT2D eigenvalue weighted by Crippen LogP contribution is -2.41. The Balaban J connectivity index is 2.15. The molecule has 0 bridgehead atoms. The smallest absolute Gasteiger partial charge is 0.266 e. The highest BCUT2D eigenvalue weighted by Gasteiger charge is 2.29. The topological polar surface area (TPSA) is 70.6 Å². The van der Waals surface area contributed by atoms with Gasteiger partial charge in [0.1, 0.15) is 11.4 Å². The molecule has 2 aromatic carbocycles. The van der Waals surface area contributed by atoms with E-state index in [1.54, 1.807) is 36.4 Å². The maximum absolute atomic E-state index is 12.3. The van der Waals surface area contributed by atoms with Gasteiger partial charge < -0.3 is 5.32 Å². The van der Waals surface area contributed by atoms with E-state index in [9.17, 15) is 17.2 Å². The summed E-state index contributed by atoms with van der Waals surface area (Å²) in [6.45, 7) is -0.811. The van der Waals surface area contributed by atoms with Crippen molar-refractivity contribution >= 4 is 33.3 Å². The first kappa shape index (κ1) is 16.7. The second kappa shape index (κ2) is 6.37. The molecule has 0 spiro atoms. The van der Waals surface area contributed by atoms with Crippen LogP contribution >= 0.6 is 11.6 Å². The van der Waals surface area contributed by atoms with Crippen LogP contribution in [0.3, 0.4) is 0 Å². The maximum atomic E-state index is 12.3. The van der Waals surface area contributed by atoms with Crippen molar-refractivity contribution in [2.45, 2.75) is 11.3 Å². The summed E-state index contributed by atoms with van der Waals surface area (Å²) in [4.78, 5) is 3.56. The average Bonchev–Trinajstić information content (AvgIpc) is 2.53. The van der Waals surface area contributed by atoms with E-state index in [0.717, 1.165) is 0 Å². The predicted octanol–water partition coefficient (Wildman–Crippen LogP) is 3.33. The van der Waals surface area contributed by atoms with Gasteiger partial charge in [0.2, 0.25) is 5.96 Å². The van der Waals surface area contributed by atoms with Crippen molar-refractivity contribution in [2.24, 2.45) is 4.99 Å². The molecule has 0 saturated carbocycles. The third-order valence-electron chi connectivity index (χ3n) is 3.34. The van der Waals surface area contributed by atoms with E-state index in [1.165, 1.54) is 6.07 Å². The summed E-state index contributed by atoms with van der Waals surface area (Å²) in [5.74, 6) is -0.248. The van der Waals surface area contributed by atoms with Crippen LogP contribution < -0.4 is 10.0 Å². The minimum absolute atomic E-state index is 0.00378. The van der Waals surface area contributed by atoms with E-state index in [4.69, 9.17) is 11.6 Å². The van der Waals surface area contributed by atoms with Gasteiger partial charge in [0.25, 0.3) is 16.4 Å². The van der Waals surface area contributed by atoms with Gasteiger partial charge in [0, 0.05) is 16.1 Å². The molecule has 0 aromatic heterocycles. The number of nitrogens with zero attached hydrogens (tertiary/aromatic N) is 1. The van der Waals surface area contributed by atoms with E-state index in [0.29, 0.717) is 16.1 Å². The normalized spacial score (nSPS) is 17.2.